The van der Waals surface area contributed by atoms with E-state index in [-0.39, 0.29) is 17.2 Å². The predicted octanol–water partition coefficient (Wildman–Crippen LogP) is 0.447. The van der Waals surface area contributed by atoms with Crippen molar-refractivity contribution >= 4 is 12.2 Å². The third kappa shape index (κ3) is 4.61. The van der Waals surface area contributed by atoms with Crippen LogP contribution in [0.5, 0.6) is 17.2 Å². The Morgan fingerprint density at radius 2 is 1.50 bits per heavy atom. The largest absolute Gasteiger partial charge is 0.508 e. The van der Waals surface area contributed by atoms with E-state index in [1.807, 2.05) is 0 Å². The first-order valence-corrected chi connectivity index (χ1v) is 8.65. The topological polar surface area (TPSA) is 140 Å². The van der Waals surface area contributed by atoms with Crippen molar-refractivity contribution in [3.05, 3.63) is 53.6 Å². The van der Waals surface area contributed by atoms with Gasteiger partial charge in [0.25, 0.3) is 0 Å². The number of aliphatic hydroxyl groups is 4. The molecular weight excluding hydrogens is 368 g/mol. The summed E-state index contributed by atoms with van der Waals surface area (Å²) >= 11 is 0. The fraction of sp³-hybridized carbons (Fsp3) is 0.300. The van der Waals surface area contributed by atoms with Gasteiger partial charge in [0.2, 0.25) is 6.29 Å². The maximum atomic E-state index is 10.1. The normalized spacial score (nSPS) is 27.8. The van der Waals surface area contributed by atoms with Gasteiger partial charge in [-0.3, -0.25) is 0 Å². The summed E-state index contributed by atoms with van der Waals surface area (Å²) in [5, 5.41) is 58.2. The number of ether oxygens (including phenoxy) is 2. The lowest BCUT2D eigenvalue weighted by atomic mass is 9.99. The molecule has 0 spiro atoms. The van der Waals surface area contributed by atoms with Crippen molar-refractivity contribution in [2.45, 2.75) is 30.7 Å². The molecule has 1 saturated heterocycles. The van der Waals surface area contributed by atoms with E-state index in [0.29, 0.717) is 5.56 Å². The quantitative estimate of drug-likeness (QED) is 0.405. The minimum absolute atomic E-state index is 0.0903. The van der Waals surface area contributed by atoms with Crippen LogP contribution in [0.3, 0.4) is 0 Å². The molecule has 0 bridgehead atoms. The van der Waals surface area contributed by atoms with Crippen LogP contribution in [0.15, 0.2) is 42.5 Å². The monoisotopic (exact) mass is 390 g/mol. The van der Waals surface area contributed by atoms with Gasteiger partial charge in [-0.2, -0.15) is 0 Å². The molecule has 1 unspecified atom stereocenters. The minimum Gasteiger partial charge on any atom is -0.508 e. The smallest absolute Gasteiger partial charge is 0.229 e. The van der Waals surface area contributed by atoms with E-state index < -0.39 is 37.3 Å². The van der Waals surface area contributed by atoms with Crippen molar-refractivity contribution in [1.29, 1.82) is 0 Å². The summed E-state index contributed by atoms with van der Waals surface area (Å²) < 4.78 is 10.8. The lowest BCUT2D eigenvalue weighted by Gasteiger charge is -2.39. The summed E-state index contributed by atoms with van der Waals surface area (Å²) in [5.74, 6) is 0.229. The molecule has 1 aliphatic heterocycles. The second kappa shape index (κ2) is 8.59. The number of rotatable bonds is 5. The van der Waals surface area contributed by atoms with Gasteiger partial charge in [0.1, 0.15) is 41.7 Å². The molecule has 0 radical (unpaired) electrons. The molecule has 3 rings (SSSR count). The van der Waals surface area contributed by atoms with E-state index in [4.69, 9.17) is 9.47 Å². The first-order chi connectivity index (χ1) is 13.4. The zero-order chi connectivity index (χ0) is 20.3. The SMILES string of the molecule is OCC1O[C@@H](Oc2cc(O)cc(/C=C/c3ccc(O)cc3)c2)[C@H](O)[C@@H](O)[C@@H]1O. The molecule has 1 fully saturated rings. The van der Waals surface area contributed by atoms with Crippen LogP contribution in [0, 0.1) is 0 Å². The number of benzene rings is 2. The summed E-state index contributed by atoms with van der Waals surface area (Å²) in [6.45, 7) is -0.564. The fourth-order valence-electron chi connectivity index (χ4n) is 2.85. The lowest BCUT2D eigenvalue weighted by molar-refractivity contribution is -0.277. The van der Waals surface area contributed by atoms with E-state index in [0.717, 1.165) is 5.56 Å². The van der Waals surface area contributed by atoms with Crippen molar-refractivity contribution in [2.24, 2.45) is 0 Å². The third-order valence-electron chi connectivity index (χ3n) is 4.38. The summed E-state index contributed by atoms with van der Waals surface area (Å²) in [6.07, 6.45) is -3.52. The fourth-order valence-corrected chi connectivity index (χ4v) is 2.85. The molecule has 0 aromatic heterocycles. The molecule has 150 valence electrons. The highest BCUT2D eigenvalue weighted by Crippen LogP contribution is 2.28. The van der Waals surface area contributed by atoms with Gasteiger partial charge in [0, 0.05) is 6.07 Å². The molecule has 28 heavy (non-hydrogen) atoms. The van der Waals surface area contributed by atoms with Crippen LogP contribution in [0.1, 0.15) is 11.1 Å². The maximum Gasteiger partial charge on any atom is 0.229 e. The minimum atomic E-state index is -1.55. The molecular formula is C20H22O8. The van der Waals surface area contributed by atoms with E-state index in [1.165, 1.54) is 12.1 Å². The Labute approximate surface area is 161 Å². The van der Waals surface area contributed by atoms with E-state index in [1.54, 1.807) is 42.5 Å². The van der Waals surface area contributed by atoms with Crippen LogP contribution < -0.4 is 4.74 Å². The Bertz CT molecular complexity index is 817. The molecule has 5 atom stereocenters. The van der Waals surface area contributed by atoms with Gasteiger partial charge < -0.3 is 40.1 Å². The van der Waals surface area contributed by atoms with Crippen molar-refractivity contribution in [3.63, 3.8) is 0 Å². The van der Waals surface area contributed by atoms with Gasteiger partial charge in [-0.05, 0) is 35.4 Å². The Kier molecular flexibility index (Phi) is 6.18. The van der Waals surface area contributed by atoms with Crippen LogP contribution in [0.2, 0.25) is 0 Å². The second-order valence-corrected chi connectivity index (χ2v) is 6.50. The summed E-state index contributed by atoms with van der Waals surface area (Å²) in [7, 11) is 0. The van der Waals surface area contributed by atoms with Crippen LogP contribution >= 0.6 is 0 Å². The number of hydrogen-bond acceptors (Lipinski definition) is 8. The Morgan fingerprint density at radius 3 is 2.18 bits per heavy atom. The van der Waals surface area contributed by atoms with Crippen LogP contribution in [-0.2, 0) is 4.74 Å². The highest BCUT2D eigenvalue weighted by Gasteiger charge is 2.44. The van der Waals surface area contributed by atoms with Crippen molar-refractivity contribution < 1.29 is 40.1 Å². The number of phenols is 2. The van der Waals surface area contributed by atoms with E-state index >= 15 is 0 Å². The van der Waals surface area contributed by atoms with Gasteiger partial charge in [-0.1, -0.05) is 24.3 Å². The highest BCUT2D eigenvalue weighted by molar-refractivity contribution is 5.71. The number of aromatic hydroxyl groups is 2. The van der Waals surface area contributed by atoms with E-state index in [9.17, 15) is 30.6 Å². The molecule has 6 N–H and O–H groups in total. The van der Waals surface area contributed by atoms with Gasteiger partial charge in [0.15, 0.2) is 0 Å². The van der Waals surface area contributed by atoms with Crippen LogP contribution in [0.25, 0.3) is 12.2 Å². The molecule has 1 heterocycles. The standard InChI is InChI=1S/C20H22O8/c21-10-16-17(24)18(25)19(26)20(28-16)27-15-8-12(7-14(23)9-15)2-1-11-3-5-13(22)6-4-11/h1-9,16-26H,10H2/b2-1+/t16?,17-,18+,19-,20-/m1/s1. The second-order valence-electron chi connectivity index (χ2n) is 6.50. The van der Waals surface area contributed by atoms with Gasteiger partial charge in [-0.25, -0.2) is 0 Å². The molecule has 0 saturated carbocycles. The van der Waals surface area contributed by atoms with Crippen LogP contribution in [-0.4, -0.2) is 68.0 Å². The van der Waals surface area contributed by atoms with Gasteiger partial charge >= 0.3 is 0 Å². The molecule has 0 aliphatic carbocycles. The summed E-state index contributed by atoms with van der Waals surface area (Å²) in [5.41, 5.74) is 1.42. The molecule has 2 aromatic rings. The average Bonchev–Trinajstić information content (AvgIpc) is 2.67. The van der Waals surface area contributed by atoms with Crippen molar-refractivity contribution in [3.8, 4) is 17.2 Å². The van der Waals surface area contributed by atoms with E-state index in [2.05, 4.69) is 0 Å². The molecule has 0 amide bonds. The Hall–Kier alpha value is -2.62. The zero-order valence-corrected chi connectivity index (χ0v) is 14.8. The molecule has 8 nitrogen and oxygen atoms in total. The maximum absolute atomic E-state index is 10.1. The number of aliphatic hydroxyl groups excluding tert-OH is 4. The van der Waals surface area contributed by atoms with Gasteiger partial charge in [0.05, 0.1) is 6.61 Å². The predicted molar refractivity (Wildman–Crippen MR) is 99.5 cm³/mol. The molecule has 8 heteroatoms. The lowest BCUT2D eigenvalue weighted by Crippen LogP contribution is -2.60. The summed E-state index contributed by atoms with van der Waals surface area (Å²) in [4.78, 5) is 0. The van der Waals surface area contributed by atoms with Crippen molar-refractivity contribution in [1.82, 2.24) is 0 Å². The average molecular weight is 390 g/mol. The summed E-state index contributed by atoms with van der Waals surface area (Å²) in [6, 6.07) is 10.9. The Balaban J connectivity index is 1.76. The highest BCUT2D eigenvalue weighted by atomic mass is 16.7. The molecule has 1 aliphatic rings. The number of phenolic OH excluding ortho intramolecular Hbond substituents is 2. The first-order valence-electron chi connectivity index (χ1n) is 8.65. The number of hydrogen-bond donors (Lipinski definition) is 6. The van der Waals surface area contributed by atoms with Crippen molar-refractivity contribution in [2.75, 3.05) is 6.61 Å². The van der Waals surface area contributed by atoms with Gasteiger partial charge in [-0.15, -0.1) is 0 Å². The first kappa shape index (κ1) is 20.1. The third-order valence-corrected chi connectivity index (χ3v) is 4.38. The van der Waals surface area contributed by atoms with Crippen LogP contribution in [0.4, 0.5) is 0 Å². The molecule has 2 aromatic carbocycles. The Morgan fingerprint density at radius 1 is 0.821 bits per heavy atom. The zero-order valence-electron chi connectivity index (χ0n) is 14.8.